The highest BCUT2D eigenvalue weighted by Gasteiger charge is 2.27. The van der Waals surface area contributed by atoms with Crippen molar-refractivity contribution < 1.29 is 8.42 Å². The van der Waals surface area contributed by atoms with Crippen molar-refractivity contribution in [2.24, 2.45) is 7.05 Å². The van der Waals surface area contributed by atoms with Gasteiger partial charge in [0, 0.05) is 19.0 Å². The quantitative estimate of drug-likeness (QED) is 0.848. The van der Waals surface area contributed by atoms with Gasteiger partial charge in [-0.3, -0.25) is 4.68 Å². The van der Waals surface area contributed by atoms with E-state index >= 15 is 0 Å². The number of hydrogen-bond acceptors (Lipinski definition) is 5. The van der Waals surface area contributed by atoms with Crippen LogP contribution in [-0.2, 0) is 23.4 Å². The molecule has 0 amide bonds. The van der Waals surface area contributed by atoms with E-state index in [1.807, 2.05) is 7.05 Å². The van der Waals surface area contributed by atoms with Crippen LogP contribution in [0.4, 0.5) is 0 Å². The van der Waals surface area contributed by atoms with Crippen LogP contribution in [0.25, 0.3) is 0 Å². The van der Waals surface area contributed by atoms with Crippen LogP contribution < -0.4 is 5.32 Å². The summed E-state index contributed by atoms with van der Waals surface area (Å²) in [5, 5.41) is 7.58. The molecule has 0 aromatic carbocycles. The second-order valence-corrected chi connectivity index (χ2v) is 7.37. The summed E-state index contributed by atoms with van der Waals surface area (Å²) in [5.41, 5.74) is 0. The predicted octanol–water partition coefficient (Wildman–Crippen LogP) is 0.215. The van der Waals surface area contributed by atoms with Crippen molar-refractivity contribution in [3.63, 3.8) is 0 Å². The summed E-state index contributed by atoms with van der Waals surface area (Å²) in [7, 11) is -0.961. The van der Waals surface area contributed by atoms with Crippen molar-refractivity contribution in [1.29, 1.82) is 0 Å². The molecule has 0 aliphatic carbocycles. The lowest BCUT2D eigenvalue weighted by Gasteiger charge is -2.09. The van der Waals surface area contributed by atoms with Gasteiger partial charge in [-0.05, 0) is 6.42 Å². The van der Waals surface area contributed by atoms with Gasteiger partial charge in [0.05, 0.1) is 18.1 Å². The summed E-state index contributed by atoms with van der Waals surface area (Å²) in [6.45, 7) is 4.67. The highest BCUT2D eigenvalue weighted by molar-refractivity contribution is 7.91. The smallest absolute Gasteiger partial charge is 0.153 e. The molecule has 1 aromatic heterocycles. The largest absolute Gasteiger partial charge is 0.306 e. The van der Waals surface area contributed by atoms with Gasteiger partial charge in [0.2, 0.25) is 0 Å². The van der Waals surface area contributed by atoms with E-state index in [1.54, 1.807) is 4.68 Å². The number of aromatic nitrogens is 3. The Labute approximate surface area is 108 Å². The molecule has 1 saturated heterocycles. The average molecular weight is 272 g/mol. The lowest BCUT2D eigenvalue weighted by atomic mass is 10.2. The molecule has 1 aliphatic heterocycles. The summed E-state index contributed by atoms with van der Waals surface area (Å²) in [5.74, 6) is 2.51. The molecular formula is C11H20N4O2S. The van der Waals surface area contributed by atoms with Crippen LogP contribution in [0.2, 0.25) is 0 Å². The van der Waals surface area contributed by atoms with Crippen LogP contribution in [0.1, 0.15) is 37.8 Å². The minimum Gasteiger partial charge on any atom is -0.306 e. The van der Waals surface area contributed by atoms with Crippen molar-refractivity contribution in [3.05, 3.63) is 11.6 Å². The van der Waals surface area contributed by atoms with Gasteiger partial charge in [-0.25, -0.2) is 13.4 Å². The van der Waals surface area contributed by atoms with Crippen LogP contribution in [0.3, 0.4) is 0 Å². The molecule has 2 rings (SSSR count). The van der Waals surface area contributed by atoms with Crippen LogP contribution >= 0.6 is 0 Å². The van der Waals surface area contributed by atoms with Gasteiger partial charge in [-0.1, -0.05) is 13.8 Å². The van der Waals surface area contributed by atoms with E-state index in [0.717, 1.165) is 11.6 Å². The monoisotopic (exact) mass is 272 g/mol. The summed E-state index contributed by atoms with van der Waals surface area (Å²) < 4.78 is 24.4. The fourth-order valence-electron chi connectivity index (χ4n) is 2.03. The van der Waals surface area contributed by atoms with E-state index in [-0.39, 0.29) is 11.8 Å². The SMILES string of the molecule is CC(C)c1nc(CNC2CCS(=O)(=O)C2)n(C)n1. The van der Waals surface area contributed by atoms with Crippen molar-refractivity contribution >= 4 is 9.84 Å². The van der Waals surface area contributed by atoms with Gasteiger partial charge >= 0.3 is 0 Å². The summed E-state index contributed by atoms with van der Waals surface area (Å²) in [4.78, 5) is 4.45. The first-order chi connectivity index (χ1) is 8.37. The standard InChI is InChI=1S/C11H20N4O2S/c1-8(2)11-13-10(15(3)14-11)6-12-9-4-5-18(16,17)7-9/h8-9,12H,4-7H2,1-3H3. The van der Waals surface area contributed by atoms with Gasteiger partial charge in [-0.2, -0.15) is 5.10 Å². The normalized spacial score (nSPS) is 22.8. The van der Waals surface area contributed by atoms with E-state index in [4.69, 9.17) is 0 Å². The highest BCUT2D eigenvalue weighted by Crippen LogP contribution is 2.13. The Balaban J connectivity index is 1.95. The summed E-state index contributed by atoms with van der Waals surface area (Å²) in [6.07, 6.45) is 0.692. The number of nitrogens with one attached hydrogen (secondary N) is 1. The molecule has 0 bridgehead atoms. The van der Waals surface area contributed by atoms with Crippen LogP contribution in [0, 0.1) is 0 Å². The van der Waals surface area contributed by atoms with Crippen LogP contribution in [0.15, 0.2) is 0 Å². The topological polar surface area (TPSA) is 76.9 Å². The average Bonchev–Trinajstić information content (AvgIpc) is 2.79. The number of sulfone groups is 1. The van der Waals surface area contributed by atoms with E-state index in [0.29, 0.717) is 24.6 Å². The van der Waals surface area contributed by atoms with Gasteiger partial charge in [0.15, 0.2) is 15.7 Å². The Bertz CT molecular complexity index is 521. The first kappa shape index (κ1) is 13.5. The summed E-state index contributed by atoms with van der Waals surface area (Å²) in [6, 6.07) is 0.0502. The van der Waals surface area contributed by atoms with Crippen LogP contribution in [-0.4, -0.2) is 40.7 Å². The number of rotatable bonds is 4. The molecule has 0 saturated carbocycles. The molecular weight excluding hydrogens is 252 g/mol. The van der Waals surface area contributed by atoms with E-state index in [9.17, 15) is 8.42 Å². The zero-order chi connectivity index (χ0) is 13.3. The molecule has 1 N–H and O–H groups in total. The minimum atomic E-state index is -2.82. The van der Waals surface area contributed by atoms with Crippen molar-refractivity contribution in [1.82, 2.24) is 20.1 Å². The molecule has 1 aromatic rings. The zero-order valence-corrected chi connectivity index (χ0v) is 11.9. The lowest BCUT2D eigenvalue weighted by molar-refractivity contribution is 0.527. The van der Waals surface area contributed by atoms with Crippen molar-refractivity contribution in [2.45, 2.75) is 38.8 Å². The molecule has 18 heavy (non-hydrogen) atoms. The van der Waals surface area contributed by atoms with Crippen molar-refractivity contribution in [2.75, 3.05) is 11.5 Å². The maximum Gasteiger partial charge on any atom is 0.153 e. The zero-order valence-electron chi connectivity index (χ0n) is 11.0. The third-order valence-electron chi connectivity index (χ3n) is 3.17. The molecule has 6 nitrogen and oxygen atoms in total. The van der Waals surface area contributed by atoms with Gasteiger partial charge in [0.25, 0.3) is 0 Å². The Morgan fingerprint density at radius 3 is 2.72 bits per heavy atom. The molecule has 0 spiro atoms. The molecule has 7 heteroatoms. The van der Waals surface area contributed by atoms with Crippen LogP contribution in [0.5, 0.6) is 0 Å². The second-order valence-electron chi connectivity index (χ2n) is 5.15. The number of nitrogens with zero attached hydrogens (tertiary/aromatic N) is 3. The fourth-order valence-corrected chi connectivity index (χ4v) is 3.74. The Morgan fingerprint density at radius 1 is 1.50 bits per heavy atom. The first-order valence-electron chi connectivity index (χ1n) is 6.21. The molecule has 102 valence electrons. The highest BCUT2D eigenvalue weighted by atomic mass is 32.2. The predicted molar refractivity (Wildman–Crippen MR) is 69.0 cm³/mol. The maximum atomic E-state index is 11.3. The van der Waals surface area contributed by atoms with Crippen molar-refractivity contribution in [3.8, 4) is 0 Å². The third kappa shape index (κ3) is 3.08. The molecule has 1 fully saturated rings. The molecule has 2 heterocycles. The van der Waals surface area contributed by atoms with Gasteiger partial charge < -0.3 is 5.32 Å². The molecule has 0 radical (unpaired) electrons. The summed E-state index contributed by atoms with van der Waals surface area (Å²) >= 11 is 0. The number of hydrogen-bond donors (Lipinski definition) is 1. The van der Waals surface area contributed by atoms with E-state index < -0.39 is 9.84 Å². The van der Waals surface area contributed by atoms with Gasteiger partial charge in [-0.15, -0.1) is 0 Å². The fraction of sp³-hybridized carbons (Fsp3) is 0.818. The Hall–Kier alpha value is -0.950. The molecule has 1 atom stereocenters. The molecule has 1 aliphatic rings. The Kier molecular flexibility index (Phi) is 3.72. The Morgan fingerprint density at radius 2 is 2.22 bits per heavy atom. The second kappa shape index (κ2) is 4.97. The lowest BCUT2D eigenvalue weighted by Crippen LogP contribution is -2.30. The minimum absolute atomic E-state index is 0.0502. The maximum absolute atomic E-state index is 11.3. The first-order valence-corrected chi connectivity index (χ1v) is 8.03. The van der Waals surface area contributed by atoms with E-state index in [1.165, 1.54) is 0 Å². The van der Waals surface area contributed by atoms with E-state index in [2.05, 4.69) is 29.2 Å². The number of aryl methyl sites for hydroxylation is 1. The van der Waals surface area contributed by atoms with Gasteiger partial charge in [0.1, 0.15) is 5.82 Å². The third-order valence-corrected chi connectivity index (χ3v) is 4.94. The molecule has 1 unspecified atom stereocenters.